The van der Waals surface area contributed by atoms with Crippen molar-refractivity contribution in [3.05, 3.63) is 59.7 Å². The van der Waals surface area contributed by atoms with E-state index < -0.39 is 10.0 Å². The molecule has 1 aliphatic carbocycles. The topological polar surface area (TPSA) is 78.5 Å². The van der Waals surface area contributed by atoms with Crippen molar-refractivity contribution in [2.24, 2.45) is 0 Å². The molecule has 2 aromatic rings. The van der Waals surface area contributed by atoms with E-state index in [9.17, 15) is 13.2 Å². The molecule has 0 heterocycles. The van der Waals surface area contributed by atoms with Crippen molar-refractivity contribution in [1.82, 2.24) is 10.0 Å². The van der Waals surface area contributed by atoms with Crippen LogP contribution in [0.15, 0.2) is 53.4 Å². The summed E-state index contributed by atoms with van der Waals surface area (Å²) in [6, 6.07) is 14.4. The Bertz CT molecular complexity index is 939. The lowest BCUT2D eigenvalue weighted by Crippen LogP contribution is -2.35. The Labute approximate surface area is 167 Å². The number of anilines is 1. The molecule has 0 bridgehead atoms. The van der Waals surface area contributed by atoms with E-state index in [1.54, 1.807) is 12.1 Å². The quantitative estimate of drug-likeness (QED) is 0.677. The summed E-state index contributed by atoms with van der Waals surface area (Å²) in [6.45, 7) is 6.13. The number of para-hydroxylation sites is 1. The lowest BCUT2D eigenvalue weighted by atomic mass is 10.2. The summed E-state index contributed by atoms with van der Waals surface area (Å²) in [5, 5.41) is 2.89. The van der Waals surface area contributed by atoms with Crippen LogP contribution in [0.5, 0.6) is 0 Å². The smallest absolute Gasteiger partial charge is 0.251 e. The second kappa shape index (κ2) is 8.75. The molecule has 28 heavy (non-hydrogen) atoms. The molecule has 0 spiro atoms. The molecule has 150 valence electrons. The molecule has 1 amide bonds. The van der Waals surface area contributed by atoms with Gasteiger partial charge in [-0.25, -0.2) is 13.1 Å². The summed E-state index contributed by atoms with van der Waals surface area (Å²) in [4.78, 5) is 14.8. The number of hydrogen-bond acceptors (Lipinski definition) is 4. The second-order valence-electron chi connectivity index (χ2n) is 7.05. The minimum Gasteiger partial charge on any atom is -0.370 e. The fourth-order valence-electron chi connectivity index (χ4n) is 3.07. The maximum Gasteiger partial charge on any atom is 0.251 e. The van der Waals surface area contributed by atoms with Gasteiger partial charge in [-0.2, -0.15) is 0 Å². The Hall–Kier alpha value is -2.38. The maximum atomic E-state index is 12.5. The predicted octanol–water partition coefficient (Wildman–Crippen LogP) is 2.69. The highest BCUT2D eigenvalue weighted by Crippen LogP contribution is 2.22. The molecule has 3 rings (SSSR count). The number of carbonyl (C=O) groups excluding carboxylic acids is 1. The molecule has 2 aromatic carbocycles. The van der Waals surface area contributed by atoms with Gasteiger partial charge < -0.3 is 10.2 Å². The van der Waals surface area contributed by atoms with Gasteiger partial charge in [0.25, 0.3) is 5.91 Å². The van der Waals surface area contributed by atoms with E-state index in [-0.39, 0.29) is 16.8 Å². The van der Waals surface area contributed by atoms with E-state index in [1.165, 1.54) is 17.7 Å². The summed E-state index contributed by atoms with van der Waals surface area (Å²) < 4.78 is 27.3. The van der Waals surface area contributed by atoms with Gasteiger partial charge in [-0.3, -0.25) is 4.79 Å². The molecule has 7 heteroatoms. The van der Waals surface area contributed by atoms with Crippen LogP contribution in [-0.4, -0.2) is 40.0 Å². The minimum absolute atomic E-state index is 0.0314. The first-order valence-electron chi connectivity index (χ1n) is 9.62. The standard InChI is InChI=1S/C21H27N3O3S/c1-3-24(20-10-5-4-7-16(20)2)14-13-22-21(25)17-8-6-9-19(15-17)28(26,27)23-18-11-12-18/h4-10,15,18,23H,3,11-14H2,1-2H3,(H,22,25). The Kier molecular flexibility index (Phi) is 6.36. The first kappa shape index (κ1) is 20.4. The summed E-state index contributed by atoms with van der Waals surface area (Å²) >= 11 is 0. The van der Waals surface area contributed by atoms with Crippen LogP contribution in [0.25, 0.3) is 0 Å². The van der Waals surface area contributed by atoms with Crippen molar-refractivity contribution in [1.29, 1.82) is 0 Å². The molecule has 0 unspecified atom stereocenters. The van der Waals surface area contributed by atoms with Crippen LogP contribution in [0.2, 0.25) is 0 Å². The monoisotopic (exact) mass is 401 g/mol. The third kappa shape index (κ3) is 5.11. The Morgan fingerprint density at radius 3 is 2.57 bits per heavy atom. The molecule has 1 fully saturated rings. The van der Waals surface area contributed by atoms with Gasteiger partial charge in [-0.1, -0.05) is 24.3 Å². The Morgan fingerprint density at radius 2 is 1.89 bits per heavy atom. The van der Waals surface area contributed by atoms with Crippen LogP contribution >= 0.6 is 0 Å². The summed E-state index contributed by atoms with van der Waals surface area (Å²) in [5.41, 5.74) is 2.69. The Balaban J connectivity index is 1.60. The summed E-state index contributed by atoms with van der Waals surface area (Å²) in [5.74, 6) is -0.274. The fourth-order valence-corrected chi connectivity index (χ4v) is 4.42. The lowest BCUT2D eigenvalue weighted by Gasteiger charge is -2.25. The summed E-state index contributed by atoms with van der Waals surface area (Å²) in [6.07, 6.45) is 1.74. The van der Waals surface area contributed by atoms with Crippen molar-refractivity contribution >= 4 is 21.6 Å². The number of rotatable bonds is 9. The normalized spacial score (nSPS) is 13.9. The number of sulfonamides is 1. The number of nitrogens with zero attached hydrogens (tertiary/aromatic N) is 1. The molecule has 0 aromatic heterocycles. The van der Waals surface area contributed by atoms with Crippen molar-refractivity contribution in [3.8, 4) is 0 Å². The first-order chi connectivity index (χ1) is 13.4. The van der Waals surface area contributed by atoms with E-state index in [4.69, 9.17) is 0 Å². The van der Waals surface area contributed by atoms with Gasteiger partial charge in [0, 0.05) is 36.9 Å². The van der Waals surface area contributed by atoms with Crippen LogP contribution in [-0.2, 0) is 10.0 Å². The van der Waals surface area contributed by atoms with Crippen molar-refractivity contribution < 1.29 is 13.2 Å². The van der Waals surface area contributed by atoms with Crippen molar-refractivity contribution in [3.63, 3.8) is 0 Å². The molecule has 2 N–H and O–H groups in total. The number of aryl methyl sites for hydroxylation is 1. The van der Waals surface area contributed by atoms with Gasteiger partial charge in [-0.15, -0.1) is 0 Å². The molecule has 0 radical (unpaired) electrons. The van der Waals surface area contributed by atoms with Gasteiger partial charge in [0.15, 0.2) is 0 Å². The highest BCUT2D eigenvalue weighted by Gasteiger charge is 2.28. The number of likely N-dealkylation sites (N-methyl/N-ethyl adjacent to an activating group) is 1. The number of nitrogens with one attached hydrogen (secondary N) is 2. The van der Waals surface area contributed by atoms with E-state index in [1.807, 2.05) is 12.1 Å². The highest BCUT2D eigenvalue weighted by molar-refractivity contribution is 7.89. The highest BCUT2D eigenvalue weighted by atomic mass is 32.2. The zero-order chi connectivity index (χ0) is 20.1. The average Bonchev–Trinajstić information content (AvgIpc) is 3.49. The summed E-state index contributed by atoms with van der Waals surface area (Å²) in [7, 11) is -3.57. The molecule has 1 aliphatic rings. The molecule has 0 saturated heterocycles. The van der Waals surface area contributed by atoms with Gasteiger partial charge in [0.05, 0.1) is 4.90 Å². The maximum absolute atomic E-state index is 12.5. The molecule has 1 saturated carbocycles. The van der Waals surface area contributed by atoms with Crippen LogP contribution in [0.1, 0.15) is 35.7 Å². The van der Waals surface area contributed by atoms with Crippen molar-refractivity contribution in [2.45, 2.75) is 37.6 Å². The minimum atomic E-state index is -3.57. The van der Waals surface area contributed by atoms with E-state index >= 15 is 0 Å². The largest absolute Gasteiger partial charge is 0.370 e. The number of amides is 1. The number of carbonyl (C=O) groups is 1. The average molecular weight is 402 g/mol. The fraction of sp³-hybridized carbons (Fsp3) is 0.381. The van der Waals surface area contributed by atoms with Gasteiger partial charge in [-0.05, 0) is 56.5 Å². The zero-order valence-corrected chi connectivity index (χ0v) is 17.1. The van der Waals surface area contributed by atoms with Crippen LogP contribution in [0, 0.1) is 6.92 Å². The van der Waals surface area contributed by atoms with Gasteiger partial charge in [0.2, 0.25) is 10.0 Å². The number of hydrogen-bond donors (Lipinski definition) is 2. The number of benzene rings is 2. The second-order valence-corrected chi connectivity index (χ2v) is 8.76. The van der Waals surface area contributed by atoms with Gasteiger partial charge in [0.1, 0.15) is 0 Å². The molecule has 6 nitrogen and oxygen atoms in total. The first-order valence-corrected chi connectivity index (χ1v) is 11.1. The molecule has 0 aliphatic heterocycles. The zero-order valence-electron chi connectivity index (χ0n) is 16.3. The van der Waals surface area contributed by atoms with Crippen molar-refractivity contribution in [2.75, 3.05) is 24.5 Å². The van der Waals surface area contributed by atoms with E-state index in [2.05, 4.69) is 40.9 Å². The Morgan fingerprint density at radius 1 is 1.14 bits per heavy atom. The molecule has 0 atom stereocenters. The van der Waals surface area contributed by atoms with Crippen LogP contribution < -0.4 is 14.9 Å². The predicted molar refractivity (Wildman–Crippen MR) is 111 cm³/mol. The molecular weight excluding hydrogens is 374 g/mol. The van der Waals surface area contributed by atoms with Gasteiger partial charge >= 0.3 is 0 Å². The third-order valence-corrected chi connectivity index (χ3v) is 6.33. The van der Waals surface area contributed by atoms with E-state index in [0.29, 0.717) is 18.7 Å². The van der Waals surface area contributed by atoms with E-state index in [0.717, 1.165) is 25.1 Å². The lowest BCUT2D eigenvalue weighted by molar-refractivity contribution is 0.0954. The SMILES string of the molecule is CCN(CCNC(=O)c1cccc(S(=O)(=O)NC2CC2)c1)c1ccccc1C. The van der Waals surface area contributed by atoms with Crippen LogP contribution in [0.3, 0.4) is 0 Å². The van der Waals surface area contributed by atoms with Crippen LogP contribution in [0.4, 0.5) is 5.69 Å². The third-order valence-electron chi connectivity index (χ3n) is 4.81. The molecular formula is C21H27N3O3S.